The average Bonchev–Trinajstić information content (AvgIpc) is 2.38. The first-order valence-corrected chi connectivity index (χ1v) is 3.58. The summed E-state index contributed by atoms with van der Waals surface area (Å²) in [6.45, 7) is 3.85. The van der Waals surface area contributed by atoms with Crippen LogP contribution in [0.4, 0.5) is 4.79 Å². The minimum Gasteiger partial charge on any atom is -0.450 e. The Kier molecular flexibility index (Phi) is 2.54. The molecule has 0 spiro atoms. The van der Waals surface area contributed by atoms with E-state index in [4.69, 9.17) is 4.74 Å². The van der Waals surface area contributed by atoms with Crippen LogP contribution < -0.4 is 0 Å². The number of nitrogens with zero attached hydrogens (tertiary/aromatic N) is 1. The van der Waals surface area contributed by atoms with E-state index in [0.29, 0.717) is 6.61 Å². The van der Waals surface area contributed by atoms with E-state index in [1.807, 2.05) is 6.92 Å². The van der Waals surface area contributed by atoms with Gasteiger partial charge in [-0.3, -0.25) is 0 Å². The molecule has 0 bridgehead atoms. The first-order valence-electron chi connectivity index (χ1n) is 3.58. The molecule has 0 unspecified atom stereocenters. The molecule has 0 aliphatic carbocycles. The Bertz CT molecular complexity index is 119. The van der Waals surface area contributed by atoms with E-state index in [2.05, 4.69) is 6.42 Å². The molecule has 1 aliphatic rings. The normalized spacial score (nSPS) is 17.5. The number of carbonyl (C=O) groups excluding carboxylic acids is 1. The molecule has 1 saturated heterocycles. The van der Waals surface area contributed by atoms with Crippen molar-refractivity contribution in [2.75, 3.05) is 19.7 Å². The van der Waals surface area contributed by atoms with Gasteiger partial charge in [0.05, 0.1) is 6.61 Å². The van der Waals surface area contributed by atoms with E-state index in [1.165, 1.54) is 0 Å². The Morgan fingerprint density at radius 1 is 1.80 bits per heavy atom. The van der Waals surface area contributed by atoms with E-state index in [9.17, 15) is 4.79 Å². The van der Waals surface area contributed by atoms with Gasteiger partial charge < -0.3 is 9.64 Å². The number of carbonyl (C=O) groups is 1. The van der Waals surface area contributed by atoms with Gasteiger partial charge in [-0.05, 0) is 19.8 Å². The number of rotatable bonds is 1. The van der Waals surface area contributed by atoms with Crippen LogP contribution in [0, 0.1) is 6.42 Å². The van der Waals surface area contributed by atoms with Gasteiger partial charge >= 0.3 is 6.09 Å². The summed E-state index contributed by atoms with van der Waals surface area (Å²) in [5.41, 5.74) is 0. The molecule has 1 radical (unpaired) electrons. The second-order valence-electron chi connectivity index (χ2n) is 2.22. The lowest BCUT2D eigenvalue weighted by Gasteiger charge is -2.13. The molecule has 0 saturated carbocycles. The molecule has 0 aromatic heterocycles. The Morgan fingerprint density at radius 3 is 3.10 bits per heavy atom. The summed E-state index contributed by atoms with van der Waals surface area (Å²) in [7, 11) is 0. The SMILES string of the molecule is CCOC(=O)N1C[CH]CC1. The topological polar surface area (TPSA) is 29.5 Å². The molecule has 57 valence electrons. The lowest BCUT2D eigenvalue weighted by molar-refractivity contribution is 0.116. The first kappa shape index (κ1) is 7.38. The average molecular weight is 142 g/mol. The summed E-state index contributed by atoms with van der Waals surface area (Å²) >= 11 is 0. The lowest BCUT2D eigenvalue weighted by Crippen LogP contribution is -2.28. The molecular formula is C7H12NO2. The van der Waals surface area contributed by atoms with E-state index in [-0.39, 0.29) is 6.09 Å². The van der Waals surface area contributed by atoms with Crippen LogP contribution in [0.1, 0.15) is 13.3 Å². The minimum absolute atomic E-state index is 0.184. The van der Waals surface area contributed by atoms with E-state index >= 15 is 0 Å². The predicted molar refractivity (Wildman–Crippen MR) is 37.5 cm³/mol. The first-order chi connectivity index (χ1) is 4.84. The third kappa shape index (κ3) is 1.62. The summed E-state index contributed by atoms with van der Waals surface area (Å²) in [5, 5.41) is 0. The molecule has 0 aromatic rings. The molecule has 1 amide bonds. The smallest absolute Gasteiger partial charge is 0.409 e. The molecule has 1 rings (SSSR count). The zero-order valence-corrected chi connectivity index (χ0v) is 6.17. The zero-order chi connectivity index (χ0) is 7.40. The molecule has 10 heavy (non-hydrogen) atoms. The van der Waals surface area contributed by atoms with Gasteiger partial charge in [0.25, 0.3) is 0 Å². The van der Waals surface area contributed by atoms with Crippen molar-refractivity contribution in [1.29, 1.82) is 0 Å². The molecule has 0 N–H and O–H groups in total. The Morgan fingerprint density at radius 2 is 2.60 bits per heavy atom. The van der Waals surface area contributed by atoms with E-state index in [0.717, 1.165) is 19.5 Å². The monoisotopic (exact) mass is 142 g/mol. The van der Waals surface area contributed by atoms with E-state index < -0.39 is 0 Å². The summed E-state index contributed by atoms with van der Waals surface area (Å²) < 4.78 is 4.79. The van der Waals surface area contributed by atoms with Crippen molar-refractivity contribution in [3.8, 4) is 0 Å². The highest BCUT2D eigenvalue weighted by atomic mass is 16.6. The maximum atomic E-state index is 10.9. The molecular weight excluding hydrogens is 130 g/mol. The highest BCUT2D eigenvalue weighted by Gasteiger charge is 2.18. The van der Waals surface area contributed by atoms with Crippen LogP contribution in [-0.4, -0.2) is 30.7 Å². The highest BCUT2D eigenvalue weighted by Crippen LogP contribution is 2.07. The molecule has 1 heterocycles. The quantitative estimate of drug-likeness (QED) is 0.547. The van der Waals surface area contributed by atoms with Crippen LogP contribution in [0.5, 0.6) is 0 Å². The van der Waals surface area contributed by atoms with Crippen LogP contribution in [0.3, 0.4) is 0 Å². The van der Waals surface area contributed by atoms with Crippen molar-refractivity contribution in [2.45, 2.75) is 13.3 Å². The molecule has 0 aromatic carbocycles. The molecule has 3 heteroatoms. The van der Waals surface area contributed by atoms with Crippen molar-refractivity contribution in [2.24, 2.45) is 0 Å². The van der Waals surface area contributed by atoms with Gasteiger partial charge in [-0.25, -0.2) is 4.79 Å². The predicted octanol–water partition coefficient (Wildman–Crippen LogP) is 1.05. The third-order valence-electron chi connectivity index (χ3n) is 1.48. The fourth-order valence-corrected chi connectivity index (χ4v) is 0.966. The number of hydrogen-bond acceptors (Lipinski definition) is 2. The van der Waals surface area contributed by atoms with Crippen molar-refractivity contribution in [3.63, 3.8) is 0 Å². The molecule has 0 atom stereocenters. The number of ether oxygens (including phenoxy) is 1. The van der Waals surface area contributed by atoms with Gasteiger partial charge in [0.1, 0.15) is 0 Å². The summed E-state index contributed by atoms with van der Waals surface area (Å²) in [6, 6.07) is 0. The van der Waals surface area contributed by atoms with Crippen LogP contribution in [0.2, 0.25) is 0 Å². The van der Waals surface area contributed by atoms with Crippen molar-refractivity contribution in [1.82, 2.24) is 4.90 Å². The van der Waals surface area contributed by atoms with Gasteiger partial charge in [0.15, 0.2) is 0 Å². The Labute approximate surface area is 61.0 Å². The summed E-state index contributed by atoms with van der Waals surface area (Å²) in [4.78, 5) is 12.6. The van der Waals surface area contributed by atoms with Crippen LogP contribution in [0.25, 0.3) is 0 Å². The Balaban J connectivity index is 2.25. The maximum absolute atomic E-state index is 10.9. The number of hydrogen-bond donors (Lipinski definition) is 0. The second-order valence-corrected chi connectivity index (χ2v) is 2.22. The lowest BCUT2D eigenvalue weighted by atomic mass is 10.4. The highest BCUT2D eigenvalue weighted by molar-refractivity contribution is 5.68. The van der Waals surface area contributed by atoms with Crippen molar-refractivity contribution < 1.29 is 9.53 Å². The maximum Gasteiger partial charge on any atom is 0.409 e. The van der Waals surface area contributed by atoms with E-state index in [1.54, 1.807) is 4.90 Å². The largest absolute Gasteiger partial charge is 0.450 e. The van der Waals surface area contributed by atoms with Crippen molar-refractivity contribution in [3.05, 3.63) is 6.42 Å². The minimum atomic E-state index is -0.184. The number of likely N-dealkylation sites (tertiary alicyclic amines) is 1. The fourth-order valence-electron chi connectivity index (χ4n) is 0.966. The molecule has 3 nitrogen and oxygen atoms in total. The van der Waals surface area contributed by atoms with Crippen LogP contribution >= 0.6 is 0 Å². The van der Waals surface area contributed by atoms with Crippen LogP contribution in [0.15, 0.2) is 0 Å². The van der Waals surface area contributed by atoms with Gasteiger partial charge in [0, 0.05) is 13.1 Å². The second kappa shape index (κ2) is 3.44. The standard InChI is InChI=1S/C7H12NO2/c1-2-10-7(9)8-5-3-4-6-8/h3H,2,4-6H2,1H3. The van der Waals surface area contributed by atoms with Gasteiger partial charge in [-0.15, -0.1) is 0 Å². The zero-order valence-electron chi connectivity index (χ0n) is 6.17. The fraction of sp³-hybridized carbons (Fsp3) is 0.714. The molecule has 1 fully saturated rings. The summed E-state index contributed by atoms with van der Waals surface area (Å²) in [5.74, 6) is 0. The summed E-state index contributed by atoms with van der Waals surface area (Å²) in [6.07, 6.45) is 2.90. The number of amides is 1. The van der Waals surface area contributed by atoms with Gasteiger partial charge in [-0.1, -0.05) is 0 Å². The molecule has 1 aliphatic heterocycles. The Hall–Kier alpha value is -0.730. The van der Waals surface area contributed by atoms with Gasteiger partial charge in [0.2, 0.25) is 0 Å². The van der Waals surface area contributed by atoms with Gasteiger partial charge in [-0.2, -0.15) is 0 Å². The van der Waals surface area contributed by atoms with Crippen molar-refractivity contribution >= 4 is 6.09 Å². The van der Waals surface area contributed by atoms with Crippen LogP contribution in [-0.2, 0) is 4.74 Å². The third-order valence-corrected chi connectivity index (χ3v) is 1.48.